The van der Waals surface area contributed by atoms with Gasteiger partial charge in [-0.2, -0.15) is 0 Å². The minimum absolute atomic E-state index is 0.0578. The summed E-state index contributed by atoms with van der Waals surface area (Å²) in [7, 11) is 0. The standard InChI is InChI=1S/C18H16N2O5S2/c1-2-25-12-3-4-13-10(8-12)7-11(16(23)19-13)9-14-17(24)20(18(26)27-14)6-5-15(21)22/h3-4,7-9,24H,2,5-6H2,1H3,(H,21,22). The minimum Gasteiger partial charge on any atom is -0.494 e. The second-order valence-electron chi connectivity index (χ2n) is 5.67. The lowest BCUT2D eigenvalue weighted by atomic mass is 10.1. The van der Waals surface area contributed by atoms with Gasteiger partial charge in [-0.15, -0.1) is 11.3 Å². The van der Waals surface area contributed by atoms with Crippen LogP contribution in [0.3, 0.4) is 0 Å². The van der Waals surface area contributed by atoms with E-state index in [0.717, 1.165) is 16.6 Å². The number of nitrogens with zero attached hydrogens (tertiary/aromatic N) is 2. The molecule has 9 heteroatoms. The van der Waals surface area contributed by atoms with E-state index in [-0.39, 0.29) is 18.8 Å². The maximum absolute atomic E-state index is 12.3. The number of amides is 1. The molecule has 2 heterocycles. The quantitative estimate of drug-likeness (QED) is 0.563. The van der Waals surface area contributed by atoms with Gasteiger partial charge in [0.15, 0.2) is 3.95 Å². The summed E-state index contributed by atoms with van der Waals surface area (Å²) >= 11 is 6.28. The summed E-state index contributed by atoms with van der Waals surface area (Å²) in [4.78, 5) is 27.5. The average Bonchev–Trinajstić information content (AvgIpc) is 2.87. The largest absolute Gasteiger partial charge is 0.494 e. The van der Waals surface area contributed by atoms with Crippen molar-refractivity contribution in [3.8, 4) is 11.6 Å². The molecule has 0 fully saturated rings. The Bertz CT molecular complexity index is 1130. The molecule has 0 unspecified atom stereocenters. The first-order chi connectivity index (χ1) is 12.9. The van der Waals surface area contributed by atoms with Gasteiger partial charge in [0.2, 0.25) is 5.88 Å². The molecule has 0 bridgehead atoms. The summed E-state index contributed by atoms with van der Waals surface area (Å²) < 4.78 is 7.14. The highest BCUT2D eigenvalue weighted by molar-refractivity contribution is 7.73. The Morgan fingerprint density at radius 2 is 2.22 bits per heavy atom. The average molecular weight is 404 g/mol. The van der Waals surface area contributed by atoms with E-state index in [1.165, 1.54) is 10.6 Å². The number of hydrogen-bond acceptors (Lipinski definition) is 6. The lowest BCUT2D eigenvalue weighted by molar-refractivity contribution is -0.137. The molecule has 2 N–H and O–H groups in total. The Kier molecular flexibility index (Phi) is 5.52. The summed E-state index contributed by atoms with van der Waals surface area (Å²) in [5, 5.41) is 20.4. The lowest BCUT2D eigenvalue weighted by Gasteiger charge is -2.06. The summed E-state index contributed by atoms with van der Waals surface area (Å²) in [5.41, 5.74) is 0.299. The second-order valence-corrected chi connectivity index (χ2v) is 7.34. The number of thiazole rings is 1. The Morgan fingerprint density at radius 1 is 1.44 bits per heavy atom. The van der Waals surface area contributed by atoms with E-state index in [0.29, 0.717) is 32.1 Å². The number of carboxylic acid groups (broad SMARTS) is 1. The highest BCUT2D eigenvalue weighted by Crippen LogP contribution is 2.29. The second kappa shape index (κ2) is 7.85. The Labute approximate surface area is 163 Å². The number of benzene rings is 1. The van der Waals surface area contributed by atoms with Crippen molar-refractivity contribution in [2.75, 3.05) is 6.61 Å². The van der Waals surface area contributed by atoms with E-state index in [1.807, 2.05) is 6.92 Å². The summed E-state index contributed by atoms with van der Waals surface area (Å²) in [5.74, 6) is -0.898. The molecule has 140 valence electrons. The van der Waals surface area contributed by atoms with Gasteiger partial charge in [-0.1, -0.05) is 0 Å². The van der Waals surface area contributed by atoms with Crippen LogP contribution in [0.5, 0.6) is 11.6 Å². The molecule has 0 radical (unpaired) electrons. The van der Waals surface area contributed by atoms with Crippen molar-refractivity contribution in [1.29, 1.82) is 0 Å². The van der Waals surface area contributed by atoms with Crippen molar-refractivity contribution in [3.05, 3.63) is 43.2 Å². The predicted molar refractivity (Wildman–Crippen MR) is 103 cm³/mol. The number of ether oxygens (including phenoxy) is 1. The molecular formula is C18H16N2O5S2. The maximum atomic E-state index is 12.3. The van der Waals surface area contributed by atoms with Crippen molar-refractivity contribution in [1.82, 2.24) is 4.57 Å². The first-order valence-electron chi connectivity index (χ1n) is 8.12. The molecule has 27 heavy (non-hydrogen) atoms. The minimum atomic E-state index is -0.987. The SMILES string of the molecule is CCOc1ccc2c(c1)=CC(=Cc1sc(=S)n(CCC(=O)O)c1O)C(=O)N=2. The number of aliphatic carboxylic acids is 1. The van der Waals surface area contributed by atoms with Crippen molar-refractivity contribution in [3.63, 3.8) is 0 Å². The third kappa shape index (κ3) is 4.15. The van der Waals surface area contributed by atoms with Crippen LogP contribution >= 0.6 is 23.6 Å². The molecule has 0 spiro atoms. The summed E-state index contributed by atoms with van der Waals surface area (Å²) in [6, 6.07) is 5.26. The molecule has 3 rings (SSSR count). The number of rotatable bonds is 6. The molecule has 0 atom stereocenters. The van der Waals surface area contributed by atoms with E-state index in [2.05, 4.69) is 4.99 Å². The van der Waals surface area contributed by atoms with Crippen LogP contribution in [0.25, 0.3) is 12.2 Å². The van der Waals surface area contributed by atoms with Gasteiger partial charge in [-0.25, -0.2) is 4.99 Å². The highest BCUT2D eigenvalue weighted by atomic mass is 32.1. The fraction of sp³-hybridized carbons (Fsp3) is 0.222. The molecular weight excluding hydrogens is 388 g/mol. The normalized spacial score (nSPS) is 14.4. The topological polar surface area (TPSA) is 101 Å². The molecule has 0 saturated carbocycles. The molecule has 7 nitrogen and oxygen atoms in total. The Hall–Kier alpha value is -2.78. The first kappa shape index (κ1) is 19.0. The molecule has 0 aliphatic carbocycles. The van der Waals surface area contributed by atoms with E-state index in [9.17, 15) is 14.7 Å². The van der Waals surface area contributed by atoms with Gasteiger partial charge in [-0.3, -0.25) is 14.2 Å². The molecule has 1 aliphatic heterocycles. The van der Waals surface area contributed by atoms with E-state index >= 15 is 0 Å². The maximum Gasteiger partial charge on any atom is 0.305 e. The zero-order valence-corrected chi connectivity index (χ0v) is 16.0. The van der Waals surface area contributed by atoms with Crippen LogP contribution in [0.15, 0.2) is 28.8 Å². The van der Waals surface area contributed by atoms with Gasteiger partial charge in [0, 0.05) is 17.3 Å². The molecule has 2 aromatic rings. The summed E-state index contributed by atoms with van der Waals surface area (Å²) in [6.45, 7) is 2.47. The van der Waals surface area contributed by atoms with Crippen LogP contribution in [-0.2, 0) is 16.1 Å². The van der Waals surface area contributed by atoms with Crippen LogP contribution < -0.4 is 15.3 Å². The van der Waals surface area contributed by atoms with Crippen LogP contribution in [0.2, 0.25) is 0 Å². The number of fused-ring (bicyclic) bond motifs is 1. The van der Waals surface area contributed by atoms with Gasteiger partial charge < -0.3 is 14.9 Å². The fourth-order valence-corrected chi connectivity index (χ4v) is 3.88. The van der Waals surface area contributed by atoms with Crippen LogP contribution in [0.4, 0.5) is 0 Å². The number of aromatic hydroxyl groups is 1. The number of hydrogen-bond donors (Lipinski definition) is 2. The monoisotopic (exact) mass is 404 g/mol. The molecule has 1 amide bonds. The Morgan fingerprint density at radius 3 is 2.93 bits per heavy atom. The molecule has 1 aliphatic rings. The van der Waals surface area contributed by atoms with Crippen molar-refractivity contribution >= 4 is 47.6 Å². The van der Waals surface area contributed by atoms with Crippen molar-refractivity contribution in [2.45, 2.75) is 19.9 Å². The van der Waals surface area contributed by atoms with Gasteiger partial charge in [0.1, 0.15) is 5.75 Å². The Balaban J connectivity index is 2.01. The molecule has 1 aromatic heterocycles. The predicted octanol–water partition coefficient (Wildman–Crippen LogP) is 1.88. The molecule has 1 aromatic carbocycles. The van der Waals surface area contributed by atoms with E-state index < -0.39 is 11.9 Å². The number of carbonyl (C=O) groups excluding carboxylic acids is 1. The fourth-order valence-electron chi connectivity index (χ4n) is 2.57. The third-order valence-corrected chi connectivity index (χ3v) is 5.21. The van der Waals surface area contributed by atoms with Gasteiger partial charge in [0.05, 0.1) is 23.3 Å². The number of carbonyl (C=O) groups is 2. The van der Waals surface area contributed by atoms with Gasteiger partial charge in [0.25, 0.3) is 5.91 Å². The third-order valence-electron chi connectivity index (χ3n) is 3.82. The van der Waals surface area contributed by atoms with E-state index in [1.54, 1.807) is 24.3 Å². The van der Waals surface area contributed by atoms with Gasteiger partial charge >= 0.3 is 5.97 Å². The first-order valence-corrected chi connectivity index (χ1v) is 9.35. The number of carboxylic acids is 1. The van der Waals surface area contributed by atoms with Gasteiger partial charge in [-0.05, 0) is 49.5 Å². The van der Waals surface area contributed by atoms with Crippen molar-refractivity contribution in [2.24, 2.45) is 4.99 Å². The van der Waals surface area contributed by atoms with Crippen LogP contribution in [-0.4, -0.2) is 33.3 Å². The van der Waals surface area contributed by atoms with Crippen LogP contribution in [0.1, 0.15) is 18.2 Å². The number of aromatic nitrogens is 1. The zero-order valence-electron chi connectivity index (χ0n) is 14.3. The highest BCUT2D eigenvalue weighted by Gasteiger charge is 2.16. The summed E-state index contributed by atoms with van der Waals surface area (Å²) in [6.07, 6.45) is 3.02. The zero-order chi connectivity index (χ0) is 19.6. The molecule has 0 saturated heterocycles. The smallest absolute Gasteiger partial charge is 0.305 e. The van der Waals surface area contributed by atoms with E-state index in [4.69, 9.17) is 22.1 Å². The van der Waals surface area contributed by atoms with Crippen LogP contribution in [0, 0.1) is 3.95 Å². The van der Waals surface area contributed by atoms with Crippen molar-refractivity contribution < 1.29 is 24.5 Å². The lowest BCUT2D eigenvalue weighted by Crippen LogP contribution is -2.30.